The maximum Gasteiger partial charge on any atom is 0.338 e. The van der Waals surface area contributed by atoms with Crippen molar-refractivity contribution in [2.24, 2.45) is 0 Å². The molecule has 0 heterocycles. The largest absolute Gasteiger partial charge is 0.453 e. The van der Waals surface area contributed by atoms with E-state index in [0.29, 0.717) is 28.6 Å². The molecule has 2 aromatic rings. The Hall–Kier alpha value is -1.81. The lowest BCUT2D eigenvalue weighted by Gasteiger charge is -2.37. The van der Waals surface area contributed by atoms with Gasteiger partial charge < -0.3 is 4.74 Å². The number of likely N-dealkylation sites (N-methyl/N-ethyl adjacent to an activating group) is 1. The molecule has 2 aromatic carbocycles. The number of carbonyl (C=O) groups is 1. The van der Waals surface area contributed by atoms with E-state index in [2.05, 4.69) is 11.5 Å². The van der Waals surface area contributed by atoms with Gasteiger partial charge in [0.1, 0.15) is 0 Å². The number of rotatable bonds is 8. The number of hydrogen-bond acceptors (Lipinski definition) is 3. The Labute approximate surface area is 165 Å². The van der Waals surface area contributed by atoms with Crippen LogP contribution in [0.15, 0.2) is 61.2 Å². The normalized spacial score (nSPS) is 13.3. The number of hydrogen-bond donors (Lipinski definition) is 0. The molecule has 0 aliphatic rings. The van der Waals surface area contributed by atoms with E-state index in [1.807, 2.05) is 32.2 Å². The summed E-state index contributed by atoms with van der Waals surface area (Å²) in [6.07, 6.45) is 2.40. The highest BCUT2D eigenvalue weighted by Crippen LogP contribution is 2.28. The van der Waals surface area contributed by atoms with Crippen LogP contribution in [0.4, 0.5) is 0 Å². The number of benzene rings is 2. The van der Waals surface area contributed by atoms with Crippen LogP contribution >= 0.6 is 23.2 Å². The van der Waals surface area contributed by atoms with Crippen molar-refractivity contribution in [3.8, 4) is 0 Å². The van der Waals surface area contributed by atoms with Crippen molar-refractivity contribution in [1.29, 1.82) is 0 Å². The minimum absolute atomic E-state index is 0.391. The van der Waals surface area contributed by atoms with Gasteiger partial charge in [0.05, 0.1) is 21.1 Å². The Kier molecular flexibility index (Phi) is 7.27. The lowest BCUT2D eigenvalue weighted by Crippen LogP contribution is -2.47. The number of ether oxygens (including phenoxy) is 1. The van der Waals surface area contributed by atoms with Crippen LogP contribution < -0.4 is 0 Å². The van der Waals surface area contributed by atoms with Crippen LogP contribution in [0, 0.1) is 6.61 Å². The molecule has 3 nitrogen and oxygen atoms in total. The van der Waals surface area contributed by atoms with Crippen molar-refractivity contribution in [3.63, 3.8) is 0 Å². The third-order valence-electron chi connectivity index (χ3n) is 4.25. The summed E-state index contributed by atoms with van der Waals surface area (Å²) < 4.78 is 5.49. The molecule has 5 heteroatoms. The van der Waals surface area contributed by atoms with Crippen molar-refractivity contribution >= 4 is 29.2 Å². The van der Waals surface area contributed by atoms with Crippen LogP contribution in [-0.2, 0) is 11.2 Å². The Morgan fingerprint density at radius 1 is 1.19 bits per heavy atom. The molecule has 1 radical (unpaired) electrons. The summed E-state index contributed by atoms with van der Waals surface area (Å²) in [5.74, 6) is -0.391. The highest BCUT2D eigenvalue weighted by Gasteiger charge is 2.32. The van der Waals surface area contributed by atoms with E-state index < -0.39 is 11.5 Å². The molecule has 26 heavy (non-hydrogen) atoms. The minimum Gasteiger partial charge on any atom is -0.453 e. The monoisotopic (exact) mass is 390 g/mol. The van der Waals surface area contributed by atoms with Gasteiger partial charge in [0.25, 0.3) is 0 Å². The Bertz CT molecular complexity index is 764. The fraction of sp³-hybridized carbons (Fsp3) is 0.238. The Balaban J connectivity index is 2.17. The molecule has 137 valence electrons. The summed E-state index contributed by atoms with van der Waals surface area (Å²) in [5.41, 5.74) is 0.951. The number of carbonyl (C=O) groups excluding carboxylic acids is 1. The second-order valence-corrected chi connectivity index (χ2v) is 7.16. The quantitative estimate of drug-likeness (QED) is 0.444. The maximum absolute atomic E-state index is 12.3. The third-order valence-corrected chi connectivity index (χ3v) is 4.99. The van der Waals surface area contributed by atoms with Gasteiger partial charge in [-0.05, 0) is 50.2 Å². The Morgan fingerprint density at radius 3 is 2.50 bits per heavy atom. The molecule has 0 aromatic heterocycles. The molecule has 0 saturated carbocycles. The molecule has 0 spiro atoms. The van der Waals surface area contributed by atoms with Crippen molar-refractivity contribution in [3.05, 3.63) is 89.0 Å². The van der Waals surface area contributed by atoms with E-state index in [-0.39, 0.29) is 0 Å². The van der Waals surface area contributed by atoms with Gasteiger partial charge >= 0.3 is 5.97 Å². The van der Waals surface area contributed by atoms with Crippen molar-refractivity contribution in [2.75, 3.05) is 13.6 Å². The number of halogens is 2. The predicted octanol–water partition coefficient (Wildman–Crippen LogP) is 5.43. The first kappa shape index (κ1) is 20.5. The van der Waals surface area contributed by atoms with Crippen molar-refractivity contribution in [2.45, 2.75) is 18.9 Å². The summed E-state index contributed by atoms with van der Waals surface area (Å²) in [7, 11) is 1.95. The summed E-state index contributed by atoms with van der Waals surface area (Å²) in [6, 6.07) is 14.4. The molecule has 2 rings (SSSR count). The van der Waals surface area contributed by atoms with Crippen LogP contribution in [-0.4, -0.2) is 30.0 Å². The van der Waals surface area contributed by atoms with Gasteiger partial charge in [-0.1, -0.05) is 53.5 Å². The number of nitrogens with zero attached hydrogens (tertiary/aromatic N) is 1. The molecule has 0 N–H and O–H groups in total. The topological polar surface area (TPSA) is 29.5 Å². The van der Waals surface area contributed by atoms with E-state index in [1.165, 1.54) is 0 Å². The summed E-state index contributed by atoms with van der Waals surface area (Å²) in [5, 5.41) is 1.01. The fourth-order valence-electron chi connectivity index (χ4n) is 2.55. The first-order chi connectivity index (χ1) is 12.4. The van der Waals surface area contributed by atoms with Crippen LogP contribution in [0.1, 0.15) is 22.8 Å². The third kappa shape index (κ3) is 5.34. The average Bonchev–Trinajstić information content (AvgIpc) is 2.64. The smallest absolute Gasteiger partial charge is 0.338 e. The lowest BCUT2D eigenvalue weighted by molar-refractivity contribution is 0.0425. The summed E-state index contributed by atoms with van der Waals surface area (Å²) >= 11 is 12.1. The molecular formula is C21H22Cl2NO2. The highest BCUT2D eigenvalue weighted by atomic mass is 35.5. The first-order valence-electron chi connectivity index (χ1n) is 8.22. The van der Waals surface area contributed by atoms with Gasteiger partial charge in [0.2, 0.25) is 0 Å². The van der Waals surface area contributed by atoms with Gasteiger partial charge in [-0.3, -0.25) is 4.90 Å². The second kappa shape index (κ2) is 9.22. The van der Waals surface area contributed by atoms with E-state index in [0.717, 1.165) is 5.56 Å². The zero-order chi connectivity index (χ0) is 19.2. The zero-order valence-corrected chi connectivity index (χ0v) is 16.4. The van der Waals surface area contributed by atoms with Crippen LogP contribution in [0.25, 0.3) is 0 Å². The molecule has 0 fully saturated rings. The van der Waals surface area contributed by atoms with Crippen LogP contribution in [0.5, 0.6) is 0 Å². The molecule has 0 unspecified atom stereocenters. The maximum atomic E-state index is 12.3. The van der Waals surface area contributed by atoms with Gasteiger partial charge in [0, 0.05) is 6.54 Å². The van der Waals surface area contributed by atoms with Gasteiger partial charge in [-0.15, -0.1) is 6.58 Å². The lowest BCUT2D eigenvalue weighted by atomic mass is 9.92. The van der Waals surface area contributed by atoms with E-state index >= 15 is 0 Å². The second-order valence-electron chi connectivity index (χ2n) is 6.34. The molecule has 0 amide bonds. The molecule has 0 saturated heterocycles. The summed E-state index contributed by atoms with van der Waals surface area (Å²) in [6.45, 7) is 8.00. The van der Waals surface area contributed by atoms with Crippen LogP contribution in [0.2, 0.25) is 10.0 Å². The average molecular weight is 391 g/mol. The predicted molar refractivity (Wildman–Crippen MR) is 108 cm³/mol. The van der Waals surface area contributed by atoms with Crippen LogP contribution in [0.3, 0.4) is 0 Å². The fourth-order valence-corrected chi connectivity index (χ4v) is 2.88. The van der Waals surface area contributed by atoms with Gasteiger partial charge in [-0.25, -0.2) is 4.79 Å². The Morgan fingerprint density at radius 2 is 1.88 bits per heavy atom. The SMILES string of the molecule is C=CCN(C)[C@@](C)([CH]OC(=O)c1ccccc1)Cc1ccc(Cl)c(Cl)c1. The standard InChI is InChI=1S/C21H22Cl2NO2/c1-4-12-24(3)21(2,14-16-10-11-18(22)19(23)13-16)15-26-20(25)17-8-6-5-7-9-17/h4-11,13,15H,1,12,14H2,2-3H3/t21-/m1/s1. The minimum atomic E-state index is -0.546. The summed E-state index contributed by atoms with van der Waals surface area (Å²) in [4.78, 5) is 14.3. The molecule has 0 bridgehead atoms. The molecule has 0 aliphatic heterocycles. The first-order valence-corrected chi connectivity index (χ1v) is 8.98. The van der Waals surface area contributed by atoms with E-state index in [1.54, 1.807) is 43.0 Å². The molecular weight excluding hydrogens is 369 g/mol. The number of esters is 1. The highest BCUT2D eigenvalue weighted by molar-refractivity contribution is 6.42. The van der Waals surface area contributed by atoms with E-state index in [9.17, 15) is 4.79 Å². The van der Waals surface area contributed by atoms with Crippen molar-refractivity contribution < 1.29 is 9.53 Å². The van der Waals surface area contributed by atoms with E-state index in [4.69, 9.17) is 27.9 Å². The van der Waals surface area contributed by atoms with Gasteiger partial charge in [0.15, 0.2) is 6.61 Å². The molecule has 1 atom stereocenters. The van der Waals surface area contributed by atoms with Crippen molar-refractivity contribution in [1.82, 2.24) is 4.90 Å². The van der Waals surface area contributed by atoms with Gasteiger partial charge in [-0.2, -0.15) is 0 Å². The molecule has 0 aliphatic carbocycles. The zero-order valence-electron chi connectivity index (χ0n) is 14.9.